The van der Waals surface area contributed by atoms with Crippen LogP contribution in [-0.4, -0.2) is 40.7 Å². The fourth-order valence-corrected chi connectivity index (χ4v) is 2.96. The van der Waals surface area contributed by atoms with Gasteiger partial charge in [-0.3, -0.25) is 4.57 Å². The maximum Gasteiger partial charge on any atom is 0.212 e. The van der Waals surface area contributed by atoms with Crippen LogP contribution in [0.25, 0.3) is 16.9 Å². The number of halogens is 1. The first-order valence-corrected chi connectivity index (χ1v) is 7.67. The van der Waals surface area contributed by atoms with Crippen LogP contribution in [0.3, 0.4) is 0 Å². The average Bonchev–Trinajstić information content (AvgIpc) is 3.02. The van der Waals surface area contributed by atoms with E-state index in [9.17, 15) is 5.26 Å². The molecule has 7 heteroatoms. The van der Waals surface area contributed by atoms with Crippen LogP contribution in [0.5, 0.6) is 0 Å². The number of rotatable bonds is 2. The molecule has 1 N–H and O–H groups in total. The van der Waals surface area contributed by atoms with Gasteiger partial charge in [-0.15, -0.1) is 12.4 Å². The van der Waals surface area contributed by atoms with Gasteiger partial charge >= 0.3 is 0 Å². The molecule has 3 aromatic rings. The Morgan fingerprint density at radius 1 is 1.08 bits per heavy atom. The molecule has 0 aliphatic carbocycles. The molecule has 0 atom stereocenters. The summed E-state index contributed by atoms with van der Waals surface area (Å²) < 4.78 is 2.00. The number of aromatic nitrogens is 3. The smallest absolute Gasteiger partial charge is 0.212 e. The highest BCUT2D eigenvalue weighted by molar-refractivity contribution is 5.85. The van der Waals surface area contributed by atoms with Gasteiger partial charge in [0.15, 0.2) is 5.82 Å². The van der Waals surface area contributed by atoms with Crippen LogP contribution < -0.4 is 10.2 Å². The molecule has 0 amide bonds. The highest BCUT2D eigenvalue weighted by Gasteiger charge is 2.21. The zero-order valence-corrected chi connectivity index (χ0v) is 13.8. The minimum Gasteiger partial charge on any atom is -0.339 e. The van der Waals surface area contributed by atoms with Gasteiger partial charge in [0.2, 0.25) is 5.95 Å². The number of anilines is 1. The summed E-state index contributed by atoms with van der Waals surface area (Å²) in [6.45, 7) is 3.63. The summed E-state index contributed by atoms with van der Waals surface area (Å²) in [6, 6.07) is 13.8. The van der Waals surface area contributed by atoms with Crippen molar-refractivity contribution in [2.24, 2.45) is 0 Å². The molecule has 1 fully saturated rings. The third kappa shape index (κ3) is 2.68. The monoisotopic (exact) mass is 340 g/mol. The predicted octanol–water partition coefficient (Wildman–Crippen LogP) is 2.12. The van der Waals surface area contributed by atoms with E-state index in [1.165, 1.54) is 0 Å². The van der Waals surface area contributed by atoms with Crippen LogP contribution in [-0.2, 0) is 0 Å². The first-order valence-electron chi connectivity index (χ1n) is 7.67. The molecule has 24 heavy (non-hydrogen) atoms. The molecule has 4 rings (SSSR count). The van der Waals surface area contributed by atoms with Crippen molar-refractivity contribution >= 4 is 29.4 Å². The molecule has 1 saturated heterocycles. The van der Waals surface area contributed by atoms with Crippen LogP contribution in [0.4, 0.5) is 5.95 Å². The molecular formula is C17H17ClN6. The summed E-state index contributed by atoms with van der Waals surface area (Å²) in [7, 11) is 0. The lowest BCUT2D eigenvalue weighted by Crippen LogP contribution is -2.44. The van der Waals surface area contributed by atoms with E-state index in [1.54, 1.807) is 18.3 Å². The summed E-state index contributed by atoms with van der Waals surface area (Å²) in [5.41, 5.74) is 2.43. The standard InChI is InChI=1S/C17H16N6.ClH/c18-12-13-4-3-7-20-16(13)23-15-6-2-1-5-14(15)21-17(23)22-10-8-19-9-11-22;/h1-7,19H,8-11H2;1H. The highest BCUT2D eigenvalue weighted by atomic mass is 35.5. The lowest BCUT2D eigenvalue weighted by Gasteiger charge is -2.28. The molecule has 0 unspecified atom stereocenters. The number of nitrogens with zero attached hydrogens (tertiary/aromatic N) is 5. The number of fused-ring (bicyclic) bond motifs is 1. The number of para-hydroxylation sites is 2. The van der Waals surface area contributed by atoms with E-state index in [4.69, 9.17) is 4.98 Å². The summed E-state index contributed by atoms with van der Waals surface area (Å²) in [4.78, 5) is 11.5. The molecule has 1 aliphatic heterocycles. The van der Waals surface area contributed by atoms with Crippen molar-refractivity contribution in [2.45, 2.75) is 0 Å². The van der Waals surface area contributed by atoms with Crippen LogP contribution in [0.15, 0.2) is 42.6 Å². The van der Waals surface area contributed by atoms with Crippen molar-refractivity contribution < 1.29 is 0 Å². The predicted molar refractivity (Wildman–Crippen MR) is 95.9 cm³/mol. The molecule has 1 aromatic carbocycles. The van der Waals surface area contributed by atoms with Crippen molar-refractivity contribution in [1.29, 1.82) is 5.26 Å². The first kappa shape index (κ1) is 16.2. The normalized spacial score (nSPS) is 14.2. The van der Waals surface area contributed by atoms with Gasteiger partial charge in [0.1, 0.15) is 6.07 Å². The number of hydrogen-bond acceptors (Lipinski definition) is 5. The van der Waals surface area contributed by atoms with Crippen LogP contribution in [0, 0.1) is 11.3 Å². The Morgan fingerprint density at radius 2 is 1.88 bits per heavy atom. The number of piperazine rings is 1. The Bertz CT molecular complexity index is 891. The molecule has 6 nitrogen and oxygen atoms in total. The van der Waals surface area contributed by atoms with Crippen LogP contribution in [0.1, 0.15) is 5.56 Å². The number of pyridine rings is 1. The topological polar surface area (TPSA) is 69.8 Å². The minimum absolute atomic E-state index is 0. The molecule has 0 bridgehead atoms. The van der Waals surface area contributed by atoms with Gasteiger partial charge < -0.3 is 10.2 Å². The zero-order valence-electron chi connectivity index (χ0n) is 13.0. The van der Waals surface area contributed by atoms with Crippen LogP contribution in [0.2, 0.25) is 0 Å². The van der Waals surface area contributed by atoms with Gasteiger partial charge in [-0.2, -0.15) is 5.26 Å². The highest BCUT2D eigenvalue weighted by Crippen LogP contribution is 2.27. The summed E-state index contributed by atoms with van der Waals surface area (Å²) >= 11 is 0. The van der Waals surface area contributed by atoms with E-state index < -0.39 is 0 Å². The maximum atomic E-state index is 9.44. The van der Waals surface area contributed by atoms with Gasteiger partial charge in [-0.1, -0.05) is 12.1 Å². The third-order valence-electron chi connectivity index (χ3n) is 4.06. The third-order valence-corrected chi connectivity index (χ3v) is 4.06. The number of nitrogens with one attached hydrogen (secondary N) is 1. The number of imidazole rings is 1. The second-order valence-corrected chi connectivity index (χ2v) is 5.46. The van der Waals surface area contributed by atoms with Crippen molar-refractivity contribution in [1.82, 2.24) is 19.9 Å². The molecule has 122 valence electrons. The molecule has 0 spiro atoms. The zero-order chi connectivity index (χ0) is 15.6. The molecule has 2 aromatic heterocycles. The Labute approximate surface area is 146 Å². The minimum atomic E-state index is 0. The fraction of sp³-hybridized carbons (Fsp3) is 0.235. The Hall–Kier alpha value is -2.62. The molecule has 0 saturated carbocycles. The van der Waals surface area contributed by atoms with Gasteiger partial charge in [0, 0.05) is 32.4 Å². The van der Waals surface area contributed by atoms with E-state index in [2.05, 4.69) is 21.3 Å². The first-order chi connectivity index (χ1) is 11.4. The van der Waals surface area contributed by atoms with E-state index in [-0.39, 0.29) is 12.4 Å². The lowest BCUT2D eigenvalue weighted by atomic mass is 10.2. The van der Waals surface area contributed by atoms with Crippen molar-refractivity contribution in [2.75, 3.05) is 31.1 Å². The SMILES string of the molecule is Cl.N#Cc1cccnc1-n1c(N2CCNCC2)nc2ccccc21. The van der Waals surface area contributed by atoms with Crippen molar-refractivity contribution in [3.8, 4) is 11.9 Å². The fourth-order valence-electron chi connectivity index (χ4n) is 2.96. The van der Waals surface area contributed by atoms with Gasteiger partial charge in [-0.05, 0) is 24.3 Å². The van der Waals surface area contributed by atoms with E-state index >= 15 is 0 Å². The molecule has 0 radical (unpaired) electrons. The largest absolute Gasteiger partial charge is 0.339 e. The number of benzene rings is 1. The summed E-state index contributed by atoms with van der Waals surface area (Å²) in [5.74, 6) is 1.49. The van der Waals surface area contributed by atoms with Gasteiger partial charge in [-0.25, -0.2) is 9.97 Å². The van der Waals surface area contributed by atoms with E-state index in [0.29, 0.717) is 11.4 Å². The quantitative estimate of drug-likeness (QED) is 0.774. The van der Waals surface area contributed by atoms with Gasteiger partial charge in [0.05, 0.1) is 16.6 Å². The Kier molecular flexibility index (Phi) is 4.65. The lowest BCUT2D eigenvalue weighted by molar-refractivity contribution is 0.578. The average molecular weight is 341 g/mol. The van der Waals surface area contributed by atoms with Crippen molar-refractivity contribution in [3.05, 3.63) is 48.2 Å². The molecule has 1 aliphatic rings. The molecule has 3 heterocycles. The Balaban J connectivity index is 0.00000169. The molecular weight excluding hydrogens is 324 g/mol. The van der Waals surface area contributed by atoms with E-state index in [1.807, 2.05) is 28.8 Å². The van der Waals surface area contributed by atoms with Crippen molar-refractivity contribution in [3.63, 3.8) is 0 Å². The number of hydrogen-bond donors (Lipinski definition) is 1. The Morgan fingerprint density at radius 3 is 2.67 bits per heavy atom. The summed E-state index contributed by atoms with van der Waals surface area (Å²) in [6.07, 6.45) is 1.71. The number of nitriles is 1. The van der Waals surface area contributed by atoms with Gasteiger partial charge in [0.25, 0.3) is 0 Å². The second kappa shape index (κ2) is 6.87. The van der Waals surface area contributed by atoms with E-state index in [0.717, 1.165) is 43.2 Å². The second-order valence-electron chi connectivity index (χ2n) is 5.46. The maximum absolute atomic E-state index is 9.44. The van der Waals surface area contributed by atoms with Crippen LogP contribution >= 0.6 is 12.4 Å². The summed E-state index contributed by atoms with van der Waals surface area (Å²) in [5, 5.41) is 12.8.